The summed E-state index contributed by atoms with van der Waals surface area (Å²) in [4.78, 5) is 21.0. The van der Waals surface area contributed by atoms with Crippen molar-refractivity contribution in [3.05, 3.63) is 71.7 Å². The van der Waals surface area contributed by atoms with E-state index in [9.17, 15) is 4.79 Å². The van der Waals surface area contributed by atoms with Gasteiger partial charge in [-0.1, -0.05) is 42.0 Å². The van der Waals surface area contributed by atoms with Gasteiger partial charge in [0.1, 0.15) is 0 Å². The number of rotatable bonds is 8. The molecule has 0 radical (unpaired) electrons. The largest absolute Gasteiger partial charge is 0.441 e. The molecule has 1 aromatic heterocycles. The summed E-state index contributed by atoms with van der Waals surface area (Å²) in [6, 6.07) is 16.4. The van der Waals surface area contributed by atoms with Crippen molar-refractivity contribution < 1.29 is 9.21 Å². The van der Waals surface area contributed by atoms with Gasteiger partial charge in [0.15, 0.2) is 11.7 Å². The SMILES string of the molecule is CCN(Cc1ccc(N(C)C)cc1)C(=O)CCc1ncc(-c2ccc(C)cc2)o1. The number of aromatic nitrogens is 1. The van der Waals surface area contributed by atoms with Crippen LogP contribution in [0, 0.1) is 6.92 Å². The number of benzene rings is 2. The summed E-state index contributed by atoms with van der Waals surface area (Å²) in [6.07, 6.45) is 2.62. The summed E-state index contributed by atoms with van der Waals surface area (Å²) >= 11 is 0. The predicted octanol–water partition coefficient (Wildman–Crippen LogP) is 4.70. The van der Waals surface area contributed by atoms with Gasteiger partial charge < -0.3 is 14.2 Å². The predicted molar refractivity (Wildman–Crippen MR) is 117 cm³/mol. The highest BCUT2D eigenvalue weighted by Crippen LogP contribution is 2.21. The molecule has 0 aliphatic rings. The zero-order valence-electron chi connectivity index (χ0n) is 17.7. The highest BCUT2D eigenvalue weighted by molar-refractivity contribution is 5.76. The average Bonchev–Trinajstić information content (AvgIpc) is 3.20. The highest BCUT2D eigenvalue weighted by Gasteiger charge is 2.14. The van der Waals surface area contributed by atoms with Crippen molar-refractivity contribution in [1.82, 2.24) is 9.88 Å². The van der Waals surface area contributed by atoms with Crippen molar-refractivity contribution in [1.29, 1.82) is 0 Å². The first kappa shape index (κ1) is 20.6. The van der Waals surface area contributed by atoms with Crippen LogP contribution in [0.25, 0.3) is 11.3 Å². The minimum Gasteiger partial charge on any atom is -0.441 e. The lowest BCUT2D eigenvalue weighted by molar-refractivity contribution is -0.131. The van der Waals surface area contributed by atoms with E-state index in [0.29, 0.717) is 31.8 Å². The van der Waals surface area contributed by atoms with E-state index in [4.69, 9.17) is 4.42 Å². The van der Waals surface area contributed by atoms with Gasteiger partial charge in [0.25, 0.3) is 0 Å². The molecule has 0 unspecified atom stereocenters. The Hall–Kier alpha value is -3.08. The number of oxazole rings is 1. The van der Waals surface area contributed by atoms with Crippen LogP contribution in [0.3, 0.4) is 0 Å². The number of hydrogen-bond acceptors (Lipinski definition) is 4. The van der Waals surface area contributed by atoms with Gasteiger partial charge in [0, 0.05) is 51.3 Å². The van der Waals surface area contributed by atoms with Gasteiger partial charge in [-0.25, -0.2) is 4.98 Å². The molecule has 0 spiro atoms. The van der Waals surface area contributed by atoms with Gasteiger partial charge in [0.05, 0.1) is 6.20 Å². The second kappa shape index (κ2) is 9.41. The molecule has 1 amide bonds. The number of nitrogens with zero attached hydrogens (tertiary/aromatic N) is 3. The van der Waals surface area contributed by atoms with Gasteiger partial charge in [0.2, 0.25) is 5.91 Å². The molecule has 0 aliphatic heterocycles. The summed E-state index contributed by atoms with van der Waals surface area (Å²) in [6.45, 7) is 5.35. The Morgan fingerprint density at radius 3 is 2.34 bits per heavy atom. The third-order valence-electron chi connectivity index (χ3n) is 5.00. The molecule has 5 nitrogen and oxygen atoms in total. The molecular formula is C24H29N3O2. The van der Waals surface area contributed by atoms with Crippen LogP contribution in [-0.4, -0.2) is 36.4 Å². The van der Waals surface area contributed by atoms with Crippen LogP contribution in [-0.2, 0) is 17.8 Å². The van der Waals surface area contributed by atoms with E-state index >= 15 is 0 Å². The number of aryl methyl sites for hydroxylation is 2. The fourth-order valence-corrected chi connectivity index (χ4v) is 3.15. The normalized spacial score (nSPS) is 10.8. The van der Waals surface area contributed by atoms with Crippen LogP contribution >= 0.6 is 0 Å². The van der Waals surface area contributed by atoms with Gasteiger partial charge in [-0.3, -0.25) is 4.79 Å². The number of carbonyl (C=O) groups excluding carboxylic acids is 1. The Kier molecular flexibility index (Phi) is 6.70. The lowest BCUT2D eigenvalue weighted by Gasteiger charge is -2.21. The maximum absolute atomic E-state index is 12.7. The molecule has 5 heteroatoms. The van der Waals surface area contributed by atoms with Gasteiger partial charge >= 0.3 is 0 Å². The second-order valence-corrected chi connectivity index (χ2v) is 7.45. The molecule has 0 bridgehead atoms. The summed E-state index contributed by atoms with van der Waals surface area (Å²) in [5.41, 5.74) is 4.48. The molecule has 0 aliphatic carbocycles. The van der Waals surface area contributed by atoms with E-state index in [1.165, 1.54) is 5.56 Å². The van der Waals surface area contributed by atoms with Crippen LogP contribution < -0.4 is 4.90 Å². The van der Waals surface area contributed by atoms with Crippen molar-refractivity contribution in [3.63, 3.8) is 0 Å². The quantitative estimate of drug-likeness (QED) is 0.559. The molecule has 0 N–H and O–H groups in total. The minimum atomic E-state index is 0.110. The van der Waals surface area contributed by atoms with Crippen molar-refractivity contribution >= 4 is 11.6 Å². The monoisotopic (exact) mass is 391 g/mol. The average molecular weight is 392 g/mol. The van der Waals surface area contributed by atoms with Crippen molar-refractivity contribution in [2.75, 3.05) is 25.5 Å². The van der Waals surface area contributed by atoms with Crippen molar-refractivity contribution in [2.45, 2.75) is 33.2 Å². The number of hydrogen-bond donors (Lipinski definition) is 0. The van der Waals surface area contributed by atoms with Crippen LogP contribution in [0.5, 0.6) is 0 Å². The van der Waals surface area contributed by atoms with Gasteiger partial charge in [-0.15, -0.1) is 0 Å². The fraction of sp³-hybridized carbons (Fsp3) is 0.333. The Balaban J connectivity index is 1.56. The Bertz CT molecular complexity index is 928. The van der Waals surface area contributed by atoms with Crippen molar-refractivity contribution in [3.8, 4) is 11.3 Å². The molecule has 29 heavy (non-hydrogen) atoms. The van der Waals surface area contributed by atoms with Crippen LogP contribution in [0.15, 0.2) is 59.1 Å². The molecule has 1 heterocycles. The van der Waals surface area contributed by atoms with E-state index in [2.05, 4.69) is 41.1 Å². The topological polar surface area (TPSA) is 49.6 Å². The summed E-state index contributed by atoms with van der Waals surface area (Å²) in [7, 11) is 4.04. The third kappa shape index (κ3) is 5.47. The molecule has 0 saturated carbocycles. The number of carbonyl (C=O) groups is 1. The summed E-state index contributed by atoms with van der Waals surface area (Å²) < 4.78 is 5.84. The summed E-state index contributed by atoms with van der Waals surface area (Å²) in [5, 5.41) is 0. The third-order valence-corrected chi connectivity index (χ3v) is 5.00. The maximum atomic E-state index is 12.7. The van der Waals surface area contributed by atoms with E-state index in [0.717, 1.165) is 22.6 Å². The Morgan fingerprint density at radius 1 is 1.03 bits per heavy atom. The van der Waals surface area contributed by atoms with Crippen molar-refractivity contribution in [2.24, 2.45) is 0 Å². The highest BCUT2D eigenvalue weighted by atomic mass is 16.4. The standard InChI is InChI=1S/C24H29N3O2/c1-5-27(17-19-8-12-21(13-9-19)26(3)4)24(28)15-14-23-25-16-22(29-23)20-10-6-18(2)7-11-20/h6-13,16H,5,14-15,17H2,1-4H3. The lowest BCUT2D eigenvalue weighted by atomic mass is 10.1. The van der Waals surface area contributed by atoms with E-state index in [-0.39, 0.29) is 5.91 Å². The number of amides is 1. The molecule has 0 fully saturated rings. The molecule has 3 aromatic rings. The first-order valence-electron chi connectivity index (χ1n) is 10.0. The minimum absolute atomic E-state index is 0.110. The number of anilines is 1. The molecular weight excluding hydrogens is 362 g/mol. The van der Waals surface area contributed by atoms with E-state index in [1.807, 2.05) is 50.2 Å². The van der Waals surface area contributed by atoms with E-state index < -0.39 is 0 Å². The first-order chi connectivity index (χ1) is 14.0. The van der Waals surface area contributed by atoms with Crippen LogP contribution in [0.4, 0.5) is 5.69 Å². The zero-order valence-corrected chi connectivity index (χ0v) is 17.7. The smallest absolute Gasteiger partial charge is 0.223 e. The van der Waals surface area contributed by atoms with Crippen LogP contribution in [0.1, 0.15) is 30.4 Å². The molecule has 0 saturated heterocycles. The molecule has 2 aromatic carbocycles. The van der Waals surface area contributed by atoms with Crippen LogP contribution in [0.2, 0.25) is 0 Å². The van der Waals surface area contributed by atoms with E-state index in [1.54, 1.807) is 6.20 Å². The maximum Gasteiger partial charge on any atom is 0.223 e. The molecule has 0 atom stereocenters. The Labute approximate surface area is 173 Å². The molecule has 152 valence electrons. The van der Waals surface area contributed by atoms with Gasteiger partial charge in [-0.05, 0) is 31.5 Å². The second-order valence-electron chi connectivity index (χ2n) is 7.45. The zero-order chi connectivity index (χ0) is 20.8. The Morgan fingerprint density at radius 2 is 1.72 bits per heavy atom. The lowest BCUT2D eigenvalue weighted by Crippen LogP contribution is -2.30. The molecule has 3 rings (SSSR count). The first-order valence-corrected chi connectivity index (χ1v) is 10.0. The van der Waals surface area contributed by atoms with Gasteiger partial charge in [-0.2, -0.15) is 0 Å². The fourth-order valence-electron chi connectivity index (χ4n) is 3.15. The summed E-state index contributed by atoms with van der Waals surface area (Å²) in [5.74, 6) is 1.44.